The average Bonchev–Trinajstić information content (AvgIpc) is 2.39. The van der Waals surface area contributed by atoms with Crippen LogP contribution in [-0.2, 0) is 0 Å². The number of nitrogens with two attached hydrogens (primary N) is 1. The number of rotatable bonds is 8. The van der Waals surface area contributed by atoms with Crippen LogP contribution in [0.15, 0.2) is 12.1 Å². The maximum absolute atomic E-state index is 6.18. The third-order valence-corrected chi connectivity index (χ3v) is 2.80. The van der Waals surface area contributed by atoms with Crippen LogP contribution in [-0.4, -0.2) is 19.8 Å². The molecular weight excluding hydrogens is 242 g/mol. The molecular formula is C15H25NO3. The van der Waals surface area contributed by atoms with Crippen molar-refractivity contribution in [3.8, 4) is 17.2 Å². The minimum atomic E-state index is -0.0984. The van der Waals surface area contributed by atoms with E-state index in [-0.39, 0.29) is 6.04 Å². The van der Waals surface area contributed by atoms with Crippen LogP contribution in [0.1, 0.15) is 45.7 Å². The predicted molar refractivity (Wildman–Crippen MR) is 77.2 cm³/mol. The van der Waals surface area contributed by atoms with Crippen LogP contribution in [0.5, 0.6) is 17.2 Å². The molecule has 0 fully saturated rings. The fraction of sp³-hybridized carbons (Fsp3) is 0.600. The summed E-state index contributed by atoms with van der Waals surface area (Å²) in [5.41, 5.74) is 7.11. The van der Waals surface area contributed by atoms with Crippen molar-refractivity contribution >= 4 is 0 Å². The average molecular weight is 267 g/mol. The molecule has 0 amide bonds. The van der Waals surface area contributed by atoms with Crippen molar-refractivity contribution in [3.05, 3.63) is 17.7 Å². The maximum atomic E-state index is 6.18. The topological polar surface area (TPSA) is 53.7 Å². The van der Waals surface area contributed by atoms with Crippen molar-refractivity contribution in [3.63, 3.8) is 0 Å². The number of ether oxygens (including phenoxy) is 3. The van der Waals surface area contributed by atoms with E-state index in [0.29, 0.717) is 19.8 Å². The molecule has 0 aliphatic rings. The van der Waals surface area contributed by atoms with Gasteiger partial charge in [-0.25, -0.2) is 0 Å². The van der Waals surface area contributed by atoms with E-state index in [1.807, 2.05) is 39.8 Å². The van der Waals surface area contributed by atoms with Crippen molar-refractivity contribution < 1.29 is 14.2 Å². The summed E-state index contributed by atoms with van der Waals surface area (Å²) in [5.74, 6) is 2.26. The zero-order chi connectivity index (χ0) is 14.3. The second-order valence-corrected chi connectivity index (χ2v) is 4.15. The highest BCUT2D eigenvalue weighted by molar-refractivity contribution is 5.52. The Morgan fingerprint density at radius 1 is 0.895 bits per heavy atom. The summed E-state index contributed by atoms with van der Waals surface area (Å²) in [6.45, 7) is 9.69. The first-order valence-electron chi connectivity index (χ1n) is 6.99. The molecule has 0 aromatic heterocycles. The van der Waals surface area contributed by atoms with Gasteiger partial charge in [0.15, 0.2) is 0 Å². The Bertz CT molecular complexity index is 366. The van der Waals surface area contributed by atoms with Crippen LogP contribution in [0.25, 0.3) is 0 Å². The Labute approximate surface area is 115 Å². The standard InChI is InChI=1S/C15H25NO3/c1-5-12(16)15-13(18-7-3)9-11(17-6-2)10-14(15)19-8-4/h9-10,12H,5-8,16H2,1-4H3. The summed E-state index contributed by atoms with van der Waals surface area (Å²) in [5, 5.41) is 0. The smallest absolute Gasteiger partial charge is 0.131 e. The van der Waals surface area contributed by atoms with Crippen molar-refractivity contribution in [2.45, 2.75) is 40.2 Å². The van der Waals surface area contributed by atoms with Crippen molar-refractivity contribution in [1.29, 1.82) is 0 Å². The van der Waals surface area contributed by atoms with Gasteiger partial charge in [-0.2, -0.15) is 0 Å². The van der Waals surface area contributed by atoms with E-state index in [1.165, 1.54) is 0 Å². The summed E-state index contributed by atoms with van der Waals surface area (Å²) in [4.78, 5) is 0. The van der Waals surface area contributed by atoms with E-state index in [4.69, 9.17) is 19.9 Å². The lowest BCUT2D eigenvalue weighted by Crippen LogP contribution is -2.13. The van der Waals surface area contributed by atoms with Gasteiger partial charge in [-0.05, 0) is 27.2 Å². The number of hydrogen-bond donors (Lipinski definition) is 1. The quantitative estimate of drug-likeness (QED) is 0.785. The third-order valence-electron chi connectivity index (χ3n) is 2.80. The summed E-state index contributed by atoms with van der Waals surface area (Å²) >= 11 is 0. The van der Waals surface area contributed by atoms with Gasteiger partial charge in [0.05, 0.1) is 25.4 Å². The Morgan fingerprint density at radius 2 is 1.37 bits per heavy atom. The summed E-state index contributed by atoms with van der Waals surface area (Å²) in [7, 11) is 0. The molecule has 0 aliphatic heterocycles. The molecule has 1 rings (SSSR count). The van der Waals surface area contributed by atoms with Crippen LogP contribution in [0, 0.1) is 0 Å². The lowest BCUT2D eigenvalue weighted by Gasteiger charge is -2.20. The Balaban J connectivity index is 3.27. The fourth-order valence-corrected chi connectivity index (χ4v) is 1.95. The van der Waals surface area contributed by atoms with Crippen molar-refractivity contribution in [2.24, 2.45) is 5.73 Å². The zero-order valence-electron chi connectivity index (χ0n) is 12.4. The summed E-state index contributed by atoms with van der Waals surface area (Å²) in [6.07, 6.45) is 0.828. The molecule has 0 bridgehead atoms. The van der Waals surface area contributed by atoms with E-state index >= 15 is 0 Å². The first-order valence-corrected chi connectivity index (χ1v) is 6.99. The van der Waals surface area contributed by atoms with Crippen LogP contribution >= 0.6 is 0 Å². The first kappa shape index (κ1) is 15.6. The van der Waals surface area contributed by atoms with Crippen molar-refractivity contribution in [1.82, 2.24) is 0 Å². The normalized spacial score (nSPS) is 12.1. The Kier molecular flexibility index (Phi) is 6.50. The van der Waals surface area contributed by atoms with E-state index in [0.717, 1.165) is 29.2 Å². The van der Waals surface area contributed by atoms with E-state index in [9.17, 15) is 0 Å². The molecule has 0 saturated heterocycles. The minimum absolute atomic E-state index is 0.0984. The highest BCUT2D eigenvalue weighted by Gasteiger charge is 2.19. The molecule has 4 nitrogen and oxygen atoms in total. The number of hydrogen-bond acceptors (Lipinski definition) is 4. The SMILES string of the molecule is CCOc1cc(OCC)c(C(N)CC)c(OCC)c1. The maximum Gasteiger partial charge on any atom is 0.131 e. The molecule has 1 unspecified atom stereocenters. The number of benzene rings is 1. The first-order chi connectivity index (χ1) is 9.17. The van der Waals surface area contributed by atoms with E-state index < -0.39 is 0 Å². The van der Waals surface area contributed by atoms with Gasteiger partial charge < -0.3 is 19.9 Å². The fourth-order valence-electron chi connectivity index (χ4n) is 1.95. The van der Waals surface area contributed by atoms with Gasteiger partial charge in [0.1, 0.15) is 17.2 Å². The second kappa shape index (κ2) is 7.89. The molecule has 2 N–H and O–H groups in total. The van der Waals surface area contributed by atoms with E-state index in [2.05, 4.69) is 0 Å². The molecule has 108 valence electrons. The van der Waals surface area contributed by atoms with Crippen LogP contribution in [0.3, 0.4) is 0 Å². The lowest BCUT2D eigenvalue weighted by atomic mass is 10.0. The van der Waals surface area contributed by atoms with Crippen molar-refractivity contribution in [2.75, 3.05) is 19.8 Å². The van der Waals surface area contributed by atoms with Gasteiger partial charge >= 0.3 is 0 Å². The second-order valence-electron chi connectivity index (χ2n) is 4.15. The van der Waals surface area contributed by atoms with Gasteiger partial charge in [0.2, 0.25) is 0 Å². The summed E-state index contributed by atoms with van der Waals surface area (Å²) < 4.78 is 16.9. The Morgan fingerprint density at radius 3 is 1.74 bits per heavy atom. The predicted octanol–water partition coefficient (Wildman–Crippen LogP) is 3.29. The highest BCUT2D eigenvalue weighted by Crippen LogP contribution is 2.38. The highest BCUT2D eigenvalue weighted by atomic mass is 16.5. The molecule has 19 heavy (non-hydrogen) atoms. The van der Waals surface area contributed by atoms with Gasteiger partial charge in [-0.3, -0.25) is 0 Å². The molecule has 1 aromatic carbocycles. The molecule has 1 atom stereocenters. The molecule has 0 spiro atoms. The molecule has 0 heterocycles. The van der Waals surface area contributed by atoms with Crippen LogP contribution in [0.2, 0.25) is 0 Å². The van der Waals surface area contributed by atoms with Gasteiger partial charge in [-0.15, -0.1) is 0 Å². The minimum Gasteiger partial charge on any atom is -0.494 e. The summed E-state index contributed by atoms with van der Waals surface area (Å²) in [6, 6.07) is 3.68. The largest absolute Gasteiger partial charge is 0.494 e. The zero-order valence-corrected chi connectivity index (χ0v) is 12.4. The lowest BCUT2D eigenvalue weighted by molar-refractivity contribution is 0.298. The monoisotopic (exact) mass is 267 g/mol. The third kappa shape index (κ3) is 4.03. The van der Waals surface area contributed by atoms with Gasteiger partial charge in [-0.1, -0.05) is 6.92 Å². The molecule has 0 aliphatic carbocycles. The van der Waals surface area contributed by atoms with Crippen LogP contribution < -0.4 is 19.9 Å². The molecule has 0 radical (unpaired) electrons. The van der Waals surface area contributed by atoms with E-state index in [1.54, 1.807) is 0 Å². The Hall–Kier alpha value is -1.42. The van der Waals surface area contributed by atoms with Gasteiger partial charge in [0, 0.05) is 18.2 Å². The van der Waals surface area contributed by atoms with Crippen LogP contribution in [0.4, 0.5) is 0 Å². The molecule has 4 heteroatoms. The molecule has 1 aromatic rings. The molecule has 0 saturated carbocycles. The van der Waals surface area contributed by atoms with Gasteiger partial charge in [0.25, 0.3) is 0 Å².